The van der Waals surface area contributed by atoms with Crippen LogP contribution in [0.3, 0.4) is 0 Å². The first kappa shape index (κ1) is 16.7. The smallest absolute Gasteiger partial charge is 0.248 e. The zero-order valence-corrected chi connectivity index (χ0v) is 15.1. The third kappa shape index (κ3) is 3.66. The lowest BCUT2D eigenvalue weighted by atomic mass is 10.1. The van der Waals surface area contributed by atoms with Crippen LogP contribution in [0.25, 0.3) is 0 Å². The molecule has 0 atom stereocenters. The number of rotatable bonds is 5. The standard InChI is InChI=1S/C17H26N6O/c1-11-14(12(2)22(20-11)9-13-6-7-13)8-15(24)19-16-18-10-23(21-16)17(3,4)5/h10,13H,6-9H2,1-5H3,(H,19,21,24). The molecule has 0 saturated heterocycles. The van der Waals surface area contributed by atoms with E-state index in [1.165, 1.54) is 12.8 Å². The van der Waals surface area contributed by atoms with Crippen molar-refractivity contribution in [1.29, 1.82) is 0 Å². The van der Waals surface area contributed by atoms with Gasteiger partial charge in [0, 0.05) is 17.8 Å². The molecule has 0 bridgehead atoms. The lowest BCUT2D eigenvalue weighted by Crippen LogP contribution is -2.23. The normalized spacial score (nSPS) is 14.9. The van der Waals surface area contributed by atoms with Crippen molar-refractivity contribution in [1.82, 2.24) is 24.5 Å². The van der Waals surface area contributed by atoms with E-state index in [9.17, 15) is 4.79 Å². The fourth-order valence-corrected chi connectivity index (χ4v) is 2.69. The highest BCUT2D eigenvalue weighted by Gasteiger charge is 2.24. The van der Waals surface area contributed by atoms with Gasteiger partial charge >= 0.3 is 0 Å². The van der Waals surface area contributed by atoms with Crippen LogP contribution in [0, 0.1) is 19.8 Å². The molecular weight excluding hydrogens is 304 g/mol. The summed E-state index contributed by atoms with van der Waals surface area (Å²) in [5, 5.41) is 11.7. The van der Waals surface area contributed by atoms with E-state index in [-0.39, 0.29) is 11.4 Å². The molecule has 0 radical (unpaired) electrons. The number of hydrogen-bond donors (Lipinski definition) is 1. The maximum Gasteiger partial charge on any atom is 0.248 e. The molecule has 2 aromatic heterocycles. The molecule has 0 aromatic carbocycles. The maximum atomic E-state index is 12.4. The van der Waals surface area contributed by atoms with Gasteiger partial charge in [0.1, 0.15) is 6.33 Å². The van der Waals surface area contributed by atoms with Crippen LogP contribution in [0.1, 0.15) is 50.6 Å². The fraction of sp³-hybridized carbons (Fsp3) is 0.647. The molecule has 1 saturated carbocycles. The van der Waals surface area contributed by atoms with Crippen molar-refractivity contribution in [2.24, 2.45) is 5.92 Å². The minimum atomic E-state index is -0.160. The largest absolute Gasteiger partial charge is 0.293 e. The highest BCUT2D eigenvalue weighted by Crippen LogP contribution is 2.31. The second-order valence-electron chi connectivity index (χ2n) is 7.68. The summed E-state index contributed by atoms with van der Waals surface area (Å²) in [6.45, 7) is 11.1. The summed E-state index contributed by atoms with van der Waals surface area (Å²) in [5.74, 6) is 0.990. The van der Waals surface area contributed by atoms with Gasteiger partial charge in [-0.3, -0.25) is 14.8 Å². The van der Waals surface area contributed by atoms with Crippen molar-refractivity contribution >= 4 is 11.9 Å². The monoisotopic (exact) mass is 330 g/mol. The summed E-state index contributed by atoms with van der Waals surface area (Å²) in [7, 11) is 0. The fourth-order valence-electron chi connectivity index (χ4n) is 2.69. The van der Waals surface area contributed by atoms with E-state index >= 15 is 0 Å². The van der Waals surface area contributed by atoms with Crippen LogP contribution in [-0.4, -0.2) is 30.5 Å². The number of hydrogen-bond acceptors (Lipinski definition) is 4. The van der Waals surface area contributed by atoms with E-state index in [2.05, 4.69) is 20.5 Å². The van der Waals surface area contributed by atoms with E-state index in [1.54, 1.807) is 11.0 Å². The summed E-state index contributed by atoms with van der Waals surface area (Å²) in [6.07, 6.45) is 4.51. The summed E-state index contributed by atoms with van der Waals surface area (Å²) in [6, 6.07) is 0. The van der Waals surface area contributed by atoms with Gasteiger partial charge in [-0.2, -0.15) is 5.10 Å². The first-order valence-electron chi connectivity index (χ1n) is 8.49. The Balaban J connectivity index is 1.66. The minimum Gasteiger partial charge on any atom is -0.293 e. The van der Waals surface area contributed by atoms with Crippen molar-refractivity contribution in [3.05, 3.63) is 23.3 Å². The molecule has 1 N–H and O–H groups in total. The van der Waals surface area contributed by atoms with Gasteiger partial charge in [-0.15, -0.1) is 5.10 Å². The molecule has 24 heavy (non-hydrogen) atoms. The summed E-state index contributed by atoms with van der Waals surface area (Å²) in [4.78, 5) is 16.5. The van der Waals surface area contributed by atoms with E-state index < -0.39 is 0 Å². The van der Waals surface area contributed by atoms with Crippen LogP contribution >= 0.6 is 0 Å². The Morgan fingerprint density at radius 1 is 1.29 bits per heavy atom. The maximum absolute atomic E-state index is 12.4. The van der Waals surface area contributed by atoms with Crippen molar-refractivity contribution in [3.63, 3.8) is 0 Å². The zero-order chi connectivity index (χ0) is 17.5. The van der Waals surface area contributed by atoms with Crippen LogP contribution < -0.4 is 5.32 Å². The van der Waals surface area contributed by atoms with Crippen molar-refractivity contribution in [2.75, 3.05) is 5.32 Å². The Bertz CT molecular complexity index is 748. The molecule has 2 heterocycles. The summed E-state index contributed by atoms with van der Waals surface area (Å²) >= 11 is 0. The topological polar surface area (TPSA) is 77.6 Å². The van der Waals surface area contributed by atoms with Crippen molar-refractivity contribution < 1.29 is 4.79 Å². The molecule has 7 heteroatoms. The lowest BCUT2D eigenvalue weighted by molar-refractivity contribution is -0.115. The molecule has 130 valence electrons. The molecule has 1 amide bonds. The molecule has 3 rings (SSSR count). The van der Waals surface area contributed by atoms with Gasteiger partial charge in [0.05, 0.1) is 17.7 Å². The number of nitrogens with one attached hydrogen (secondary N) is 1. The summed E-state index contributed by atoms with van der Waals surface area (Å²) < 4.78 is 3.79. The van der Waals surface area contributed by atoms with E-state index in [0.717, 1.165) is 29.4 Å². The van der Waals surface area contributed by atoms with Crippen LogP contribution in [0.4, 0.5) is 5.95 Å². The van der Waals surface area contributed by atoms with E-state index in [4.69, 9.17) is 0 Å². The second kappa shape index (κ2) is 6.03. The van der Waals surface area contributed by atoms with Gasteiger partial charge in [-0.05, 0) is 53.4 Å². The Hall–Kier alpha value is -2.18. The Morgan fingerprint density at radius 2 is 2.00 bits per heavy atom. The Morgan fingerprint density at radius 3 is 2.58 bits per heavy atom. The number of aryl methyl sites for hydroxylation is 1. The Labute approximate surface area is 142 Å². The number of nitrogens with zero attached hydrogens (tertiary/aromatic N) is 5. The highest BCUT2D eigenvalue weighted by atomic mass is 16.1. The average molecular weight is 330 g/mol. The van der Waals surface area contributed by atoms with Crippen LogP contribution in [0.15, 0.2) is 6.33 Å². The van der Waals surface area contributed by atoms with E-state index in [1.807, 2.05) is 39.3 Å². The lowest BCUT2D eigenvalue weighted by Gasteiger charge is -2.17. The van der Waals surface area contributed by atoms with Gasteiger partial charge in [0.2, 0.25) is 11.9 Å². The van der Waals surface area contributed by atoms with Crippen LogP contribution in [0.5, 0.6) is 0 Å². The number of anilines is 1. The van der Waals surface area contributed by atoms with Crippen molar-refractivity contribution in [3.8, 4) is 0 Å². The van der Waals surface area contributed by atoms with Crippen molar-refractivity contribution in [2.45, 2.75) is 66.0 Å². The molecule has 0 aliphatic heterocycles. The van der Waals surface area contributed by atoms with Gasteiger partial charge in [-0.25, -0.2) is 9.67 Å². The third-order valence-corrected chi connectivity index (χ3v) is 4.43. The average Bonchev–Trinajstić information content (AvgIpc) is 3.10. The number of amides is 1. The molecule has 1 aliphatic rings. The van der Waals surface area contributed by atoms with Gasteiger partial charge in [0.25, 0.3) is 0 Å². The quantitative estimate of drug-likeness (QED) is 0.913. The third-order valence-electron chi connectivity index (χ3n) is 4.43. The van der Waals surface area contributed by atoms with Gasteiger partial charge in [-0.1, -0.05) is 0 Å². The Kier molecular flexibility index (Phi) is 4.19. The zero-order valence-electron chi connectivity index (χ0n) is 15.1. The SMILES string of the molecule is Cc1nn(CC2CC2)c(C)c1CC(=O)Nc1ncn(C(C)(C)C)n1. The predicted octanol–water partition coefficient (Wildman–Crippen LogP) is 2.44. The number of carbonyl (C=O) groups excluding carboxylic acids is 1. The molecule has 0 unspecified atom stereocenters. The molecular formula is C17H26N6O. The molecule has 1 fully saturated rings. The predicted molar refractivity (Wildman–Crippen MR) is 91.8 cm³/mol. The second-order valence-corrected chi connectivity index (χ2v) is 7.68. The van der Waals surface area contributed by atoms with Gasteiger partial charge in [0.15, 0.2) is 0 Å². The first-order valence-corrected chi connectivity index (χ1v) is 8.49. The van der Waals surface area contributed by atoms with E-state index in [0.29, 0.717) is 12.4 Å². The highest BCUT2D eigenvalue weighted by molar-refractivity contribution is 5.90. The number of carbonyl (C=O) groups is 1. The molecule has 1 aliphatic carbocycles. The van der Waals surface area contributed by atoms with Gasteiger partial charge < -0.3 is 0 Å². The van der Waals surface area contributed by atoms with Crippen LogP contribution in [-0.2, 0) is 23.3 Å². The first-order chi connectivity index (χ1) is 11.2. The number of aromatic nitrogens is 5. The molecule has 0 spiro atoms. The molecule has 7 nitrogen and oxygen atoms in total. The van der Waals surface area contributed by atoms with Crippen LogP contribution in [0.2, 0.25) is 0 Å². The molecule has 2 aromatic rings. The minimum absolute atomic E-state index is 0.112. The summed E-state index contributed by atoms with van der Waals surface area (Å²) in [5.41, 5.74) is 2.86.